The van der Waals surface area contributed by atoms with Crippen molar-refractivity contribution >= 4 is 0 Å². The van der Waals surface area contributed by atoms with Crippen LogP contribution in [0.5, 0.6) is 0 Å². The van der Waals surface area contributed by atoms with E-state index in [0.717, 1.165) is 18.4 Å². The van der Waals surface area contributed by atoms with Gasteiger partial charge >= 0.3 is 0 Å². The number of rotatable bonds is 4. The quantitative estimate of drug-likeness (QED) is 0.665. The molecule has 0 aromatic rings. The summed E-state index contributed by atoms with van der Waals surface area (Å²) in [5, 5.41) is 3.15. The topological polar surface area (TPSA) is 12.0 Å². The molecule has 0 aliphatic heterocycles. The van der Waals surface area contributed by atoms with Gasteiger partial charge in [-0.15, -0.1) is 0 Å². The van der Waals surface area contributed by atoms with Crippen molar-refractivity contribution in [3.05, 3.63) is 0 Å². The molecule has 0 aliphatic rings. The molecular weight excluding hydrogens is 134 g/mol. The Morgan fingerprint density at radius 3 is 1.82 bits per heavy atom. The van der Waals surface area contributed by atoms with Gasteiger partial charge in [-0.1, -0.05) is 34.6 Å². The Morgan fingerprint density at radius 1 is 1.09 bits per heavy atom. The Bertz CT molecular complexity index is 59.9. The zero-order chi connectivity index (χ0) is 9.28. The van der Waals surface area contributed by atoms with Crippen LogP contribution < -0.4 is 5.32 Å². The van der Waals surface area contributed by atoms with Gasteiger partial charge in [-0.3, -0.25) is 0 Å². The summed E-state index contributed by atoms with van der Waals surface area (Å²) in [7, 11) is 2.01. The Morgan fingerprint density at radius 2 is 1.55 bits per heavy atom. The maximum Gasteiger partial charge on any atom is -0.00493 e. The predicted molar refractivity (Wildman–Crippen MR) is 53.9 cm³/mol. The molecule has 70 valence electrons. The summed E-state index contributed by atoms with van der Waals surface area (Å²) >= 11 is 0. The summed E-state index contributed by atoms with van der Waals surface area (Å²) in [4.78, 5) is 0. The van der Waals surface area contributed by atoms with Gasteiger partial charge in [0.05, 0.1) is 0 Å². The fourth-order valence-electron chi connectivity index (χ4n) is 0.705. The van der Waals surface area contributed by atoms with Crippen molar-refractivity contribution in [1.82, 2.24) is 5.32 Å². The minimum absolute atomic E-state index is 0.832. The van der Waals surface area contributed by atoms with Crippen molar-refractivity contribution in [1.29, 1.82) is 0 Å². The summed E-state index contributed by atoms with van der Waals surface area (Å²) in [5.74, 6) is 1.69. The van der Waals surface area contributed by atoms with Crippen molar-refractivity contribution in [3.8, 4) is 0 Å². The third-order valence-electron chi connectivity index (χ3n) is 1.99. The van der Waals surface area contributed by atoms with Gasteiger partial charge in [-0.05, 0) is 31.8 Å². The standard InChI is InChI=1S/C8H19N.C2H6/c1-7(2)8(3)5-6-9-4;1-2/h7-9H,5-6H2,1-4H3;1-2H3. The second kappa shape index (κ2) is 9.96. The Balaban J connectivity index is 0. The van der Waals surface area contributed by atoms with Gasteiger partial charge in [0.25, 0.3) is 0 Å². The molecular formula is C10H25N. The number of hydrogen-bond donors (Lipinski definition) is 1. The molecule has 1 atom stereocenters. The molecule has 0 saturated carbocycles. The van der Waals surface area contributed by atoms with Crippen LogP contribution >= 0.6 is 0 Å². The second-order valence-electron chi connectivity index (χ2n) is 3.11. The average Bonchev–Trinajstić information content (AvgIpc) is 2.03. The van der Waals surface area contributed by atoms with Crippen LogP contribution in [0, 0.1) is 11.8 Å². The third kappa shape index (κ3) is 9.96. The molecule has 0 amide bonds. The second-order valence-corrected chi connectivity index (χ2v) is 3.11. The molecule has 0 radical (unpaired) electrons. The Kier molecular flexibility index (Phi) is 12.3. The summed E-state index contributed by atoms with van der Waals surface area (Å²) in [6, 6.07) is 0. The molecule has 1 nitrogen and oxygen atoms in total. The van der Waals surface area contributed by atoms with E-state index in [-0.39, 0.29) is 0 Å². The maximum absolute atomic E-state index is 3.15. The van der Waals surface area contributed by atoms with Gasteiger partial charge in [0.2, 0.25) is 0 Å². The summed E-state index contributed by atoms with van der Waals surface area (Å²) < 4.78 is 0. The molecule has 0 aliphatic carbocycles. The van der Waals surface area contributed by atoms with Crippen LogP contribution in [-0.2, 0) is 0 Å². The van der Waals surface area contributed by atoms with Crippen molar-refractivity contribution in [2.45, 2.75) is 41.0 Å². The van der Waals surface area contributed by atoms with E-state index >= 15 is 0 Å². The lowest BCUT2D eigenvalue weighted by molar-refractivity contribution is 0.388. The highest BCUT2D eigenvalue weighted by atomic mass is 14.8. The van der Waals surface area contributed by atoms with Crippen molar-refractivity contribution < 1.29 is 0 Å². The minimum Gasteiger partial charge on any atom is -0.320 e. The van der Waals surface area contributed by atoms with E-state index in [0.29, 0.717) is 0 Å². The van der Waals surface area contributed by atoms with E-state index in [1.807, 2.05) is 20.9 Å². The van der Waals surface area contributed by atoms with Crippen LogP contribution in [0.4, 0.5) is 0 Å². The van der Waals surface area contributed by atoms with E-state index in [2.05, 4.69) is 26.1 Å². The Hall–Kier alpha value is -0.0400. The fourth-order valence-corrected chi connectivity index (χ4v) is 0.705. The zero-order valence-electron chi connectivity index (χ0n) is 9.07. The molecule has 0 rings (SSSR count). The predicted octanol–water partition coefficient (Wildman–Crippen LogP) is 2.91. The number of hydrogen-bond acceptors (Lipinski definition) is 1. The van der Waals surface area contributed by atoms with E-state index in [4.69, 9.17) is 0 Å². The maximum atomic E-state index is 3.15. The fraction of sp³-hybridized carbons (Fsp3) is 1.00. The average molecular weight is 159 g/mol. The van der Waals surface area contributed by atoms with Crippen molar-refractivity contribution in [3.63, 3.8) is 0 Å². The molecule has 0 saturated heterocycles. The van der Waals surface area contributed by atoms with Crippen LogP contribution in [0.2, 0.25) is 0 Å². The van der Waals surface area contributed by atoms with Crippen LogP contribution in [0.15, 0.2) is 0 Å². The van der Waals surface area contributed by atoms with Gasteiger partial charge in [0.1, 0.15) is 0 Å². The monoisotopic (exact) mass is 159 g/mol. The molecule has 1 N–H and O–H groups in total. The number of nitrogens with one attached hydrogen (secondary N) is 1. The van der Waals surface area contributed by atoms with E-state index in [9.17, 15) is 0 Å². The van der Waals surface area contributed by atoms with E-state index in [1.165, 1.54) is 6.42 Å². The molecule has 1 heteroatoms. The lowest BCUT2D eigenvalue weighted by atomic mass is 9.95. The highest BCUT2D eigenvalue weighted by Gasteiger charge is 2.04. The largest absolute Gasteiger partial charge is 0.320 e. The highest BCUT2D eigenvalue weighted by molar-refractivity contribution is 4.57. The minimum atomic E-state index is 0.832. The van der Waals surface area contributed by atoms with Gasteiger partial charge in [0.15, 0.2) is 0 Å². The SMILES string of the molecule is CC.CNCCC(C)C(C)C. The smallest absolute Gasteiger partial charge is 0.00493 e. The van der Waals surface area contributed by atoms with Crippen molar-refractivity contribution in [2.24, 2.45) is 11.8 Å². The summed E-state index contributed by atoms with van der Waals surface area (Å²) in [6.45, 7) is 12.0. The molecule has 0 spiro atoms. The molecule has 0 heterocycles. The van der Waals surface area contributed by atoms with Crippen LogP contribution in [0.3, 0.4) is 0 Å². The summed E-state index contributed by atoms with van der Waals surface area (Å²) in [5.41, 5.74) is 0. The molecule has 1 unspecified atom stereocenters. The lowest BCUT2D eigenvalue weighted by Gasteiger charge is -2.14. The van der Waals surface area contributed by atoms with E-state index < -0.39 is 0 Å². The molecule has 0 fully saturated rings. The first-order valence-electron chi connectivity index (χ1n) is 4.83. The first kappa shape index (κ1) is 13.5. The first-order valence-corrected chi connectivity index (χ1v) is 4.83. The van der Waals surface area contributed by atoms with E-state index in [1.54, 1.807) is 0 Å². The van der Waals surface area contributed by atoms with Gasteiger partial charge in [-0.2, -0.15) is 0 Å². The van der Waals surface area contributed by atoms with Crippen LogP contribution in [-0.4, -0.2) is 13.6 Å². The van der Waals surface area contributed by atoms with Gasteiger partial charge < -0.3 is 5.32 Å². The van der Waals surface area contributed by atoms with Crippen LogP contribution in [0.1, 0.15) is 41.0 Å². The molecule has 0 bridgehead atoms. The summed E-state index contributed by atoms with van der Waals surface area (Å²) in [6.07, 6.45) is 1.30. The molecule has 0 aromatic heterocycles. The highest BCUT2D eigenvalue weighted by Crippen LogP contribution is 2.12. The first-order chi connectivity index (χ1) is 5.18. The zero-order valence-corrected chi connectivity index (χ0v) is 9.07. The lowest BCUT2D eigenvalue weighted by Crippen LogP contribution is -2.14. The molecule has 0 aromatic carbocycles. The van der Waals surface area contributed by atoms with Crippen LogP contribution in [0.25, 0.3) is 0 Å². The van der Waals surface area contributed by atoms with Gasteiger partial charge in [-0.25, -0.2) is 0 Å². The molecule has 11 heavy (non-hydrogen) atoms. The normalized spacial score (nSPS) is 12.3. The van der Waals surface area contributed by atoms with Crippen molar-refractivity contribution in [2.75, 3.05) is 13.6 Å². The third-order valence-corrected chi connectivity index (χ3v) is 1.99. The Labute approximate surface area is 72.6 Å². The van der Waals surface area contributed by atoms with Gasteiger partial charge in [0, 0.05) is 0 Å².